The van der Waals surface area contributed by atoms with Crippen LogP contribution in [0.15, 0.2) is 39.4 Å². The zero-order valence-electron chi connectivity index (χ0n) is 13.6. The van der Waals surface area contributed by atoms with E-state index in [-0.39, 0.29) is 0 Å². The van der Waals surface area contributed by atoms with E-state index in [1.165, 1.54) is 11.1 Å². The fourth-order valence-electron chi connectivity index (χ4n) is 2.31. The molecular formula is C17H21Br2N3O. The number of nitrogens with zero attached hydrogens (tertiary/aromatic N) is 2. The van der Waals surface area contributed by atoms with Gasteiger partial charge in [0.2, 0.25) is 0 Å². The van der Waals surface area contributed by atoms with Crippen LogP contribution in [0.5, 0.6) is 5.75 Å². The predicted molar refractivity (Wildman–Crippen MR) is 102 cm³/mol. The number of halogens is 2. The minimum absolute atomic E-state index is 0.642. The topological polar surface area (TPSA) is 37.4 Å². The van der Waals surface area contributed by atoms with Gasteiger partial charge in [-0.3, -0.25) is 0 Å². The maximum absolute atomic E-state index is 5.61. The molecule has 0 saturated carbocycles. The first-order valence-electron chi connectivity index (χ1n) is 7.45. The second-order valence-corrected chi connectivity index (χ2v) is 7.01. The van der Waals surface area contributed by atoms with Crippen molar-refractivity contribution in [3.63, 3.8) is 0 Å². The van der Waals surface area contributed by atoms with Crippen molar-refractivity contribution in [2.75, 3.05) is 25.6 Å². The molecule has 0 aliphatic heterocycles. The third-order valence-corrected chi connectivity index (χ3v) is 4.46. The van der Waals surface area contributed by atoms with Gasteiger partial charge in [-0.25, -0.2) is 4.98 Å². The molecule has 0 atom stereocenters. The Kier molecular flexibility index (Phi) is 6.87. The molecule has 0 aliphatic carbocycles. The van der Waals surface area contributed by atoms with Crippen LogP contribution in [-0.2, 0) is 13.1 Å². The molecule has 0 unspecified atom stereocenters. The molecule has 0 saturated heterocycles. The van der Waals surface area contributed by atoms with E-state index < -0.39 is 0 Å². The summed E-state index contributed by atoms with van der Waals surface area (Å²) in [6.45, 7) is 4.16. The molecule has 0 fully saturated rings. The molecule has 1 aromatic heterocycles. The van der Waals surface area contributed by atoms with E-state index >= 15 is 0 Å². The normalized spacial score (nSPS) is 10.7. The van der Waals surface area contributed by atoms with Crippen LogP contribution in [0.25, 0.3) is 0 Å². The minimum Gasteiger partial charge on any atom is -0.492 e. The lowest BCUT2D eigenvalue weighted by molar-refractivity contribution is 0.336. The molecule has 4 nitrogen and oxygen atoms in total. The molecule has 0 aliphatic rings. The van der Waals surface area contributed by atoms with Crippen molar-refractivity contribution < 1.29 is 4.74 Å². The van der Waals surface area contributed by atoms with Gasteiger partial charge in [0.25, 0.3) is 0 Å². The molecule has 0 spiro atoms. The highest BCUT2D eigenvalue weighted by Gasteiger charge is 2.09. The van der Waals surface area contributed by atoms with Crippen LogP contribution in [0.4, 0.5) is 5.82 Å². The summed E-state index contributed by atoms with van der Waals surface area (Å²) in [5.41, 5.74) is 2.36. The number of rotatable bonds is 7. The average molecular weight is 443 g/mol. The highest BCUT2D eigenvalue weighted by Crippen LogP contribution is 2.34. The molecule has 1 heterocycles. The lowest BCUT2D eigenvalue weighted by atomic mass is 10.2. The van der Waals surface area contributed by atoms with Crippen LogP contribution in [-0.4, -0.2) is 25.7 Å². The number of anilines is 1. The summed E-state index contributed by atoms with van der Waals surface area (Å²) in [6, 6.07) is 8.23. The molecule has 124 valence electrons. The van der Waals surface area contributed by atoms with Gasteiger partial charge in [0, 0.05) is 38.9 Å². The van der Waals surface area contributed by atoms with Crippen LogP contribution in [0.2, 0.25) is 0 Å². The van der Waals surface area contributed by atoms with Crippen molar-refractivity contribution in [1.29, 1.82) is 0 Å². The largest absolute Gasteiger partial charge is 0.492 e. The Labute approximate surface area is 154 Å². The van der Waals surface area contributed by atoms with Gasteiger partial charge < -0.3 is 15.0 Å². The maximum Gasteiger partial charge on any atom is 0.147 e. The van der Waals surface area contributed by atoms with Crippen molar-refractivity contribution in [3.05, 3.63) is 50.5 Å². The lowest BCUT2D eigenvalue weighted by Crippen LogP contribution is -2.18. The quantitative estimate of drug-likeness (QED) is 0.691. The minimum atomic E-state index is 0.642. The number of hydrogen-bond donors (Lipinski definition) is 1. The molecule has 23 heavy (non-hydrogen) atoms. The van der Waals surface area contributed by atoms with Crippen molar-refractivity contribution in [3.8, 4) is 5.75 Å². The summed E-state index contributed by atoms with van der Waals surface area (Å²) in [4.78, 5) is 6.45. The summed E-state index contributed by atoms with van der Waals surface area (Å²) >= 11 is 7.13. The van der Waals surface area contributed by atoms with E-state index in [2.05, 4.69) is 60.4 Å². The highest BCUT2D eigenvalue weighted by atomic mass is 79.9. The van der Waals surface area contributed by atoms with Gasteiger partial charge >= 0.3 is 0 Å². The number of ether oxygens (including phenoxy) is 1. The third-order valence-electron chi connectivity index (χ3n) is 3.28. The maximum atomic E-state index is 5.61. The van der Waals surface area contributed by atoms with Gasteiger partial charge in [-0.2, -0.15) is 0 Å². The van der Waals surface area contributed by atoms with Crippen LogP contribution >= 0.6 is 31.9 Å². The first-order chi connectivity index (χ1) is 11.0. The first kappa shape index (κ1) is 18.2. The van der Waals surface area contributed by atoms with Crippen LogP contribution < -0.4 is 15.0 Å². The number of hydrogen-bond acceptors (Lipinski definition) is 4. The summed E-state index contributed by atoms with van der Waals surface area (Å²) in [5, 5.41) is 3.47. The summed E-state index contributed by atoms with van der Waals surface area (Å²) in [7, 11) is 4.01. The Morgan fingerprint density at radius 3 is 2.48 bits per heavy atom. The lowest BCUT2D eigenvalue weighted by Gasteiger charge is -2.16. The number of nitrogens with one attached hydrogen (secondary N) is 1. The van der Waals surface area contributed by atoms with Gasteiger partial charge in [-0.1, -0.05) is 6.07 Å². The number of benzene rings is 1. The van der Waals surface area contributed by atoms with Gasteiger partial charge in [0.1, 0.15) is 11.6 Å². The number of pyridine rings is 1. The second-order valence-electron chi connectivity index (χ2n) is 5.31. The SMILES string of the molecule is CCOc1c(Br)cc(CNCc2cccnc2N(C)C)cc1Br. The van der Waals surface area contributed by atoms with Crippen LogP contribution in [0.1, 0.15) is 18.1 Å². The fourth-order valence-corrected chi connectivity index (χ4v) is 3.82. The monoisotopic (exact) mass is 441 g/mol. The molecule has 1 aromatic carbocycles. The van der Waals surface area contributed by atoms with E-state index in [1.54, 1.807) is 0 Å². The molecule has 6 heteroatoms. The van der Waals surface area contributed by atoms with Crippen LogP contribution in [0, 0.1) is 0 Å². The van der Waals surface area contributed by atoms with Crippen molar-refractivity contribution >= 4 is 37.7 Å². The van der Waals surface area contributed by atoms with E-state index in [9.17, 15) is 0 Å². The molecular weight excluding hydrogens is 422 g/mol. The first-order valence-corrected chi connectivity index (χ1v) is 9.04. The Balaban J connectivity index is 2.02. The van der Waals surface area contributed by atoms with Gasteiger partial charge in [-0.05, 0) is 62.5 Å². The van der Waals surface area contributed by atoms with Gasteiger partial charge in [0.15, 0.2) is 0 Å². The number of aromatic nitrogens is 1. The third kappa shape index (κ3) is 4.93. The van der Waals surface area contributed by atoms with Gasteiger partial charge in [0.05, 0.1) is 15.6 Å². The Morgan fingerprint density at radius 1 is 1.17 bits per heavy atom. The van der Waals surface area contributed by atoms with Crippen molar-refractivity contribution in [2.45, 2.75) is 20.0 Å². The molecule has 2 rings (SSSR count). The zero-order valence-corrected chi connectivity index (χ0v) is 16.7. The molecule has 1 N–H and O–H groups in total. The standard InChI is InChI=1S/C17H21Br2N3O/c1-4-23-16-14(18)8-12(9-15(16)19)10-20-11-13-6-5-7-21-17(13)22(2)3/h5-9,20H,4,10-11H2,1-3H3. The smallest absolute Gasteiger partial charge is 0.147 e. The molecule has 0 radical (unpaired) electrons. The van der Waals surface area contributed by atoms with Gasteiger partial charge in [-0.15, -0.1) is 0 Å². The summed E-state index contributed by atoms with van der Waals surface area (Å²) in [5.74, 6) is 1.84. The fraction of sp³-hybridized carbons (Fsp3) is 0.353. The molecule has 2 aromatic rings. The highest BCUT2D eigenvalue weighted by molar-refractivity contribution is 9.11. The molecule has 0 amide bonds. The van der Waals surface area contributed by atoms with Crippen LogP contribution in [0.3, 0.4) is 0 Å². The Morgan fingerprint density at radius 2 is 1.87 bits per heavy atom. The molecule has 0 bridgehead atoms. The van der Waals surface area contributed by atoms with E-state index in [1.807, 2.05) is 38.2 Å². The summed E-state index contributed by atoms with van der Waals surface area (Å²) in [6.07, 6.45) is 1.82. The average Bonchev–Trinajstić information content (AvgIpc) is 2.51. The zero-order chi connectivity index (χ0) is 16.8. The Bertz CT molecular complexity index is 639. The van der Waals surface area contributed by atoms with Crippen molar-refractivity contribution in [2.24, 2.45) is 0 Å². The van der Waals surface area contributed by atoms with E-state index in [0.717, 1.165) is 33.6 Å². The van der Waals surface area contributed by atoms with E-state index in [0.29, 0.717) is 6.61 Å². The van der Waals surface area contributed by atoms with E-state index in [4.69, 9.17) is 4.74 Å². The Hall–Kier alpha value is -1.11. The second kappa shape index (κ2) is 8.66. The summed E-state index contributed by atoms with van der Waals surface area (Å²) < 4.78 is 7.53. The predicted octanol–water partition coefficient (Wildman–Crippen LogP) is 4.36. The van der Waals surface area contributed by atoms with Crippen molar-refractivity contribution in [1.82, 2.24) is 10.3 Å².